The van der Waals surface area contributed by atoms with Crippen molar-refractivity contribution in [1.82, 2.24) is 15.3 Å². The molecule has 0 fully saturated rings. The highest BCUT2D eigenvalue weighted by molar-refractivity contribution is 6.00. The fraction of sp³-hybridized carbons (Fsp3) is 0.432. The highest BCUT2D eigenvalue weighted by Gasteiger charge is 2.34. The SMILES string of the molecule is C[C@H](c1nc2ccc(-c3ccc(-c4ccc5c(c4)CC([C@@H](NC(=O)OC(C)(C)C)C(C)(C)C)=N5)cc3)cc2[nH]1)C(C)(C)C. The zero-order valence-electron chi connectivity index (χ0n) is 27.3. The highest BCUT2D eigenvalue weighted by atomic mass is 16.6. The van der Waals surface area contributed by atoms with E-state index in [2.05, 4.69) is 119 Å². The van der Waals surface area contributed by atoms with Gasteiger partial charge in [0.1, 0.15) is 11.4 Å². The largest absolute Gasteiger partial charge is 0.444 e. The molecule has 3 aromatic carbocycles. The van der Waals surface area contributed by atoms with Crippen molar-refractivity contribution in [2.24, 2.45) is 15.8 Å². The third kappa shape index (κ3) is 6.84. The van der Waals surface area contributed by atoms with Crippen molar-refractivity contribution >= 4 is 28.5 Å². The summed E-state index contributed by atoms with van der Waals surface area (Å²) >= 11 is 0. The minimum atomic E-state index is -0.558. The van der Waals surface area contributed by atoms with E-state index in [-0.39, 0.29) is 16.9 Å². The summed E-state index contributed by atoms with van der Waals surface area (Å²) in [6, 6.07) is 21.4. The van der Waals surface area contributed by atoms with E-state index < -0.39 is 11.7 Å². The molecule has 0 aliphatic carbocycles. The number of nitrogens with one attached hydrogen (secondary N) is 2. The van der Waals surface area contributed by atoms with Crippen molar-refractivity contribution in [2.45, 2.75) is 93.2 Å². The van der Waals surface area contributed by atoms with E-state index in [0.717, 1.165) is 44.9 Å². The molecule has 0 spiro atoms. The third-order valence-corrected chi connectivity index (χ3v) is 8.34. The Labute approximate surface area is 256 Å². The number of hydrogen-bond acceptors (Lipinski definition) is 4. The monoisotopic (exact) mass is 578 g/mol. The molecule has 2 N–H and O–H groups in total. The number of alkyl carbamates (subject to hydrolysis) is 1. The van der Waals surface area contributed by atoms with E-state index in [9.17, 15) is 4.79 Å². The lowest BCUT2D eigenvalue weighted by molar-refractivity contribution is 0.0490. The summed E-state index contributed by atoms with van der Waals surface area (Å²) in [6.07, 6.45) is 0.275. The smallest absolute Gasteiger partial charge is 0.408 e. The van der Waals surface area contributed by atoms with Crippen molar-refractivity contribution < 1.29 is 9.53 Å². The second-order valence-corrected chi connectivity index (χ2v) is 15.1. The minimum Gasteiger partial charge on any atom is -0.444 e. The summed E-state index contributed by atoms with van der Waals surface area (Å²) in [7, 11) is 0. The number of ether oxygens (including phenoxy) is 1. The van der Waals surface area contributed by atoms with Crippen LogP contribution in [0.3, 0.4) is 0 Å². The summed E-state index contributed by atoms with van der Waals surface area (Å²) < 4.78 is 5.55. The molecule has 0 saturated heterocycles. The number of benzene rings is 3. The quantitative estimate of drug-likeness (QED) is 0.247. The maximum absolute atomic E-state index is 12.6. The van der Waals surface area contributed by atoms with Crippen molar-refractivity contribution in [1.29, 1.82) is 0 Å². The molecule has 2 heterocycles. The number of H-pyrrole nitrogens is 1. The number of aliphatic imine (C=N–C) groups is 1. The zero-order valence-corrected chi connectivity index (χ0v) is 27.3. The third-order valence-electron chi connectivity index (χ3n) is 8.34. The molecule has 0 unspecified atom stereocenters. The standard InChI is InChI=1S/C37H46N4O2/c1-22(35(2,3)4)33-39-29-18-16-26(20-30(29)40-33)24-13-11-23(12-14-24)25-15-17-28-27(19-25)21-31(38-28)32(36(5,6)7)41-34(42)43-37(8,9)10/h11-20,22,32H,21H2,1-10H3,(H,39,40)(H,41,42)/t22-,32-/m1/s1. The Morgan fingerprint density at radius 2 is 1.40 bits per heavy atom. The Morgan fingerprint density at radius 3 is 1.98 bits per heavy atom. The van der Waals surface area contributed by atoms with E-state index in [4.69, 9.17) is 14.7 Å². The van der Waals surface area contributed by atoms with Gasteiger partial charge in [0.2, 0.25) is 0 Å². The maximum atomic E-state index is 12.6. The van der Waals surface area contributed by atoms with E-state index in [1.165, 1.54) is 11.1 Å². The van der Waals surface area contributed by atoms with Gasteiger partial charge < -0.3 is 15.0 Å². The first kappa shape index (κ1) is 30.5. The van der Waals surface area contributed by atoms with E-state index in [1.54, 1.807) is 0 Å². The second kappa shape index (κ2) is 11.0. The fourth-order valence-electron chi connectivity index (χ4n) is 5.48. The Kier molecular flexibility index (Phi) is 7.78. The Hall–Kier alpha value is -3.93. The van der Waals surface area contributed by atoms with Crippen LogP contribution in [-0.4, -0.2) is 33.4 Å². The predicted molar refractivity (Wildman–Crippen MR) is 178 cm³/mol. The van der Waals surface area contributed by atoms with Gasteiger partial charge in [-0.1, -0.05) is 84.9 Å². The van der Waals surface area contributed by atoms with Crippen LogP contribution >= 0.6 is 0 Å². The van der Waals surface area contributed by atoms with E-state index in [1.807, 2.05) is 20.8 Å². The lowest BCUT2D eigenvalue weighted by Crippen LogP contribution is -2.50. The molecular formula is C37H46N4O2. The lowest BCUT2D eigenvalue weighted by Gasteiger charge is -2.32. The van der Waals surface area contributed by atoms with Crippen LogP contribution in [0.2, 0.25) is 0 Å². The average Bonchev–Trinajstić information content (AvgIpc) is 3.52. The van der Waals surface area contributed by atoms with Gasteiger partial charge >= 0.3 is 6.09 Å². The molecule has 43 heavy (non-hydrogen) atoms. The van der Waals surface area contributed by atoms with Gasteiger partial charge in [-0.2, -0.15) is 0 Å². The summed E-state index contributed by atoms with van der Waals surface area (Å²) in [4.78, 5) is 26.0. The van der Waals surface area contributed by atoms with Gasteiger partial charge in [-0.25, -0.2) is 9.78 Å². The molecule has 6 heteroatoms. The number of fused-ring (bicyclic) bond motifs is 2. The number of aromatic nitrogens is 2. The van der Waals surface area contributed by atoms with Gasteiger partial charge in [-0.3, -0.25) is 4.99 Å². The van der Waals surface area contributed by atoms with Gasteiger partial charge in [0.25, 0.3) is 0 Å². The zero-order chi connectivity index (χ0) is 31.3. The molecule has 1 aliphatic rings. The van der Waals surface area contributed by atoms with Crippen LogP contribution in [0.1, 0.15) is 86.5 Å². The second-order valence-electron chi connectivity index (χ2n) is 15.1. The van der Waals surface area contributed by atoms with Gasteiger partial charge in [-0.05, 0) is 83.7 Å². The topological polar surface area (TPSA) is 79.4 Å². The number of nitrogens with zero attached hydrogens (tertiary/aromatic N) is 2. The average molecular weight is 579 g/mol. The summed E-state index contributed by atoms with van der Waals surface area (Å²) in [5.41, 5.74) is 9.15. The van der Waals surface area contributed by atoms with Crippen molar-refractivity contribution in [3.8, 4) is 22.3 Å². The van der Waals surface area contributed by atoms with Crippen molar-refractivity contribution in [3.63, 3.8) is 0 Å². The molecule has 1 aliphatic heterocycles. The number of carbonyl (C=O) groups is 1. The number of carbonyl (C=O) groups excluding carboxylic acids is 1. The summed E-state index contributed by atoms with van der Waals surface area (Å²) in [5.74, 6) is 1.37. The normalized spacial score (nSPS) is 15.2. The number of aromatic amines is 1. The molecule has 1 amide bonds. The number of imidazole rings is 1. The first-order valence-electron chi connectivity index (χ1n) is 15.3. The highest BCUT2D eigenvalue weighted by Crippen LogP contribution is 2.37. The number of amides is 1. The molecule has 0 saturated carbocycles. The van der Waals surface area contributed by atoms with Crippen LogP contribution in [0.4, 0.5) is 10.5 Å². The van der Waals surface area contributed by atoms with Gasteiger partial charge in [0, 0.05) is 18.1 Å². The fourth-order valence-corrected chi connectivity index (χ4v) is 5.48. The van der Waals surface area contributed by atoms with E-state index in [0.29, 0.717) is 12.3 Å². The van der Waals surface area contributed by atoms with Gasteiger partial charge in [0.05, 0.1) is 22.8 Å². The molecule has 1 aromatic heterocycles. The first-order valence-corrected chi connectivity index (χ1v) is 15.3. The molecule has 0 radical (unpaired) electrons. The number of rotatable bonds is 5. The Balaban J connectivity index is 1.33. The predicted octanol–water partition coefficient (Wildman–Crippen LogP) is 9.61. The minimum absolute atomic E-state index is 0.142. The Morgan fingerprint density at radius 1 is 0.814 bits per heavy atom. The molecule has 226 valence electrons. The Bertz CT molecular complexity index is 1680. The van der Waals surface area contributed by atoms with Crippen LogP contribution in [-0.2, 0) is 11.2 Å². The molecular weight excluding hydrogens is 532 g/mol. The summed E-state index contributed by atoms with van der Waals surface area (Å²) in [5, 5.41) is 3.08. The van der Waals surface area contributed by atoms with Gasteiger partial charge in [-0.15, -0.1) is 0 Å². The van der Waals surface area contributed by atoms with Crippen molar-refractivity contribution in [2.75, 3.05) is 0 Å². The maximum Gasteiger partial charge on any atom is 0.408 e. The van der Waals surface area contributed by atoms with Crippen LogP contribution in [0.15, 0.2) is 65.7 Å². The molecule has 2 atom stereocenters. The first-order chi connectivity index (χ1) is 20.0. The van der Waals surface area contributed by atoms with Crippen molar-refractivity contribution in [3.05, 3.63) is 72.1 Å². The summed E-state index contributed by atoms with van der Waals surface area (Å²) in [6.45, 7) is 20.9. The van der Waals surface area contributed by atoms with Gasteiger partial charge in [0.15, 0.2) is 0 Å². The van der Waals surface area contributed by atoms with Crippen LogP contribution in [0.5, 0.6) is 0 Å². The molecule has 4 aromatic rings. The van der Waals surface area contributed by atoms with E-state index >= 15 is 0 Å². The van der Waals surface area contributed by atoms with Crippen LogP contribution in [0, 0.1) is 10.8 Å². The molecule has 0 bridgehead atoms. The number of hydrogen-bond donors (Lipinski definition) is 2. The lowest BCUT2D eigenvalue weighted by atomic mass is 9.82. The molecule has 5 rings (SSSR count). The molecule has 6 nitrogen and oxygen atoms in total. The van der Waals surface area contributed by atoms with Crippen LogP contribution in [0.25, 0.3) is 33.3 Å². The van der Waals surface area contributed by atoms with Crippen LogP contribution < -0.4 is 5.32 Å².